The first-order chi connectivity index (χ1) is 21.7. The van der Waals surface area contributed by atoms with Gasteiger partial charge in [0.25, 0.3) is 0 Å². The molecule has 0 fully saturated rings. The molecule has 0 atom stereocenters. The van der Waals surface area contributed by atoms with Crippen LogP contribution in [0.25, 0.3) is 11.1 Å². The summed E-state index contributed by atoms with van der Waals surface area (Å²) in [7, 11) is 2.95. The van der Waals surface area contributed by atoms with Gasteiger partial charge in [-0.3, -0.25) is 0 Å². The minimum Gasteiger partial charge on any atom is -1.00 e. The van der Waals surface area contributed by atoms with Crippen molar-refractivity contribution in [2.45, 2.75) is 105 Å². The fourth-order valence-electron chi connectivity index (χ4n) is 6.28. The Morgan fingerprint density at radius 2 is 0.766 bits per heavy atom. The Hall–Kier alpha value is -1.32. The van der Waals surface area contributed by atoms with Gasteiger partial charge >= 0.3 is 26.2 Å². The zero-order valence-electron chi connectivity index (χ0n) is 28.7. The zero-order valence-corrected chi connectivity index (χ0v) is 34.5. The number of allylic oxidation sites excluding steroid dienone is 12. The maximum absolute atomic E-state index is 2.48. The van der Waals surface area contributed by atoms with Gasteiger partial charge in [-0.15, -0.1) is 0 Å². The van der Waals surface area contributed by atoms with Crippen LogP contribution in [0.5, 0.6) is 0 Å². The molecule has 0 bridgehead atoms. The van der Waals surface area contributed by atoms with Crippen LogP contribution in [0.15, 0.2) is 118 Å². The molecule has 0 spiro atoms. The molecule has 4 aliphatic rings. The molecule has 0 N–H and O–H groups in total. The van der Waals surface area contributed by atoms with Gasteiger partial charge in [0.2, 0.25) is 0 Å². The summed E-state index contributed by atoms with van der Waals surface area (Å²) in [6.07, 6.45) is 25.2. The van der Waals surface area contributed by atoms with Gasteiger partial charge in [-0.1, -0.05) is 130 Å². The van der Waals surface area contributed by atoms with E-state index in [-0.39, 0.29) is 51.0 Å². The number of benzene rings is 2. The molecule has 0 aromatic heterocycles. The maximum atomic E-state index is 2.48. The molecule has 2 aromatic rings. The van der Waals surface area contributed by atoms with Crippen molar-refractivity contribution in [3.63, 3.8) is 0 Å². The first kappa shape index (κ1) is 41.9. The Morgan fingerprint density at radius 1 is 0.426 bits per heavy atom. The number of rotatable bonds is 14. The third-order valence-corrected chi connectivity index (χ3v) is 11.6. The summed E-state index contributed by atoms with van der Waals surface area (Å²) in [5, 5.41) is 6.42. The summed E-state index contributed by atoms with van der Waals surface area (Å²) < 4.78 is 0. The first-order valence-corrected chi connectivity index (χ1v) is 19.1. The van der Waals surface area contributed by atoms with Crippen LogP contribution in [0, 0.1) is 0 Å². The normalized spacial score (nSPS) is 16.2. The van der Waals surface area contributed by atoms with Gasteiger partial charge in [0.1, 0.15) is 0 Å². The molecule has 0 radical (unpaired) electrons. The van der Waals surface area contributed by atoms with Crippen molar-refractivity contribution in [3.05, 3.63) is 129 Å². The standard InChI is InChI=1S/2C21H25P.2ClH.Zr/c2*1-3-5-10-17-14-19(16-11-8-7-9-12-16)20-15-18(13-6-4-2)22-21(17)20;;;/h2*7-9,11-12,14-15H,3-6,10,13H2,1-2H3;2*1H;/q;;;;+2/p-2. The van der Waals surface area contributed by atoms with E-state index in [0.717, 1.165) is 0 Å². The number of hydrogen-bond donors (Lipinski definition) is 0. The van der Waals surface area contributed by atoms with Crippen molar-refractivity contribution < 1.29 is 51.0 Å². The molecule has 2 aromatic carbocycles. The van der Waals surface area contributed by atoms with E-state index in [9.17, 15) is 0 Å². The minimum atomic E-state index is 0. The molecule has 2 aliphatic heterocycles. The summed E-state index contributed by atoms with van der Waals surface area (Å²) in [5.41, 5.74) is 11.8. The number of fused-ring (bicyclic) bond motifs is 2. The SMILES string of the molecule is CCCCC1=PC2=C(CCCC)C=C(c3ccccc3)C2=C1.CCCCC1=PC2=C(CCCC)C=C(c3ccccc3)C2=C1.[Cl-].[Cl-].[Zr+2]. The second-order valence-corrected chi connectivity index (χ2v) is 14.8. The molecule has 0 saturated heterocycles. The van der Waals surface area contributed by atoms with Crippen molar-refractivity contribution >= 4 is 38.1 Å². The molecule has 47 heavy (non-hydrogen) atoms. The Balaban J connectivity index is 0.000000307. The van der Waals surface area contributed by atoms with Gasteiger partial charge < -0.3 is 24.8 Å². The predicted octanol–water partition coefficient (Wildman–Crippen LogP) is 7.56. The van der Waals surface area contributed by atoms with Crippen LogP contribution < -0.4 is 24.8 Å². The Bertz CT molecular complexity index is 1450. The van der Waals surface area contributed by atoms with E-state index < -0.39 is 0 Å². The molecular weight excluding hydrogens is 729 g/mol. The van der Waals surface area contributed by atoms with Crippen LogP contribution in [0.2, 0.25) is 0 Å². The minimum absolute atomic E-state index is 0. The maximum Gasteiger partial charge on any atom is 2.00 e. The third kappa shape index (κ3) is 10.8. The third-order valence-electron chi connectivity index (χ3n) is 8.81. The van der Waals surface area contributed by atoms with Gasteiger partial charge in [-0.05, 0) is 131 Å². The quantitative estimate of drug-likeness (QED) is 0.174. The van der Waals surface area contributed by atoms with Crippen LogP contribution in [0.3, 0.4) is 0 Å². The Morgan fingerprint density at radius 3 is 1.11 bits per heavy atom. The number of hydrogen-bond acceptors (Lipinski definition) is 0. The van der Waals surface area contributed by atoms with Crippen LogP contribution in [-0.4, -0.2) is 10.6 Å². The fourth-order valence-corrected chi connectivity index (χ4v) is 9.04. The first-order valence-electron chi connectivity index (χ1n) is 17.3. The Labute approximate surface area is 320 Å². The van der Waals surface area contributed by atoms with Gasteiger partial charge in [-0.2, -0.15) is 0 Å². The van der Waals surface area contributed by atoms with Crippen LogP contribution in [-0.2, 0) is 26.2 Å². The second-order valence-electron chi connectivity index (χ2n) is 12.3. The van der Waals surface area contributed by atoms with Gasteiger partial charge in [0, 0.05) is 10.6 Å². The summed E-state index contributed by atoms with van der Waals surface area (Å²) in [6.45, 7) is 9.12. The van der Waals surface area contributed by atoms with Gasteiger partial charge in [0.05, 0.1) is 0 Å². The molecular formula is C42H50Cl2P2Zr. The number of halogens is 2. The fraction of sp³-hybridized carbons (Fsp3) is 0.381. The van der Waals surface area contributed by atoms with E-state index in [1.54, 1.807) is 32.4 Å². The molecule has 2 heterocycles. The molecule has 0 unspecified atom stereocenters. The van der Waals surface area contributed by atoms with E-state index in [0.29, 0.717) is 0 Å². The second kappa shape index (κ2) is 21.7. The molecule has 0 nitrogen and oxygen atoms in total. The average molecular weight is 779 g/mol. The molecule has 6 rings (SSSR count). The zero-order chi connectivity index (χ0) is 30.7. The summed E-state index contributed by atoms with van der Waals surface area (Å²) in [5.74, 6) is 0. The monoisotopic (exact) mass is 776 g/mol. The van der Waals surface area contributed by atoms with Crippen LogP contribution in [0.1, 0.15) is 116 Å². The van der Waals surface area contributed by atoms with E-state index in [2.05, 4.69) is 113 Å². The topological polar surface area (TPSA) is 0 Å². The molecule has 5 heteroatoms. The van der Waals surface area contributed by atoms with Crippen molar-refractivity contribution in [1.29, 1.82) is 0 Å². The largest absolute Gasteiger partial charge is 2.00 e. The van der Waals surface area contributed by atoms with E-state index in [1.807, 2.05) is 0 Å². The van der Waals surface area contributed by atoms with Crippen molar-refractivity contribution in [2.24, 2.45) is 0 Å². The molecule has 0 amide bonds. The summed E-state index contributed by atoms with van der Waals surface area (Å²) >= 11 is 0. The van der Waals surface area contributed by atoms with Crippen molar-refractivity contribution in [3.8, 4) is 0 Å². The predicted molar refractivity (Wildman–Crippen MR) is 201 cm³/mol. The van der Waals surface area contributed by atoms with E-state index in [4.69, 9.17) is 0 Å². The van der Waals surface area contributed by atoms with Crippen molar-refractivity contribution in [1.82, 2.24) is 0 Å². The van der Waals surface area contributed by atoms with Crippen LogP contribution >= 0.6 is 16.4 Å². The van der Waals surface area contributed by atoms with Gasteiger partial charge in [-0.25, -0.2) is 0 Å². The molecule has 0 saturated carbocycles. The van der Waals surface area contributed by atoms with E-state index >= 15 is 0 Å². The van der Waals surface area contributed by atoms with E-state index in [1.165, 1.54) is 127 Å². The average Bonchev–Trinajstić information content (AvgIpc) is 3.83. The Kier molecular flexibility index (Phi) is 19.3. The van der Waals surface area contributed by atoms with Gasteiger partial charge in [0.15, 0.2) is 0 Å². The molecule has 2 aliphatic carbocycles. The van der Waals surface area contributed by atoms with Crippen LogP contribution in [0.4, 0.5) is 0 Å². The summed E-state index contributed by atoms with van der Waals surface area (Å²) in [6, 6.07) is 21.8. The number of unbranched alkanes of at least 4 members (excludes halogenated alkanes) is 4. The smallest absolute Gasteiger partial charge is 1.00 e. The summed E-state index contributed by atoms with van der Waals surface area (Å²) in [4.78, 5) is 0. The van der Waals surface area contributed by atoms with Crippen molar-refractivity contribution in [2.75, 3.05) is 0 Å². The molecule has 246 valence electrons.